The Balaban J connectivity index is 3.06. The summed E-state index contributed by atoms with van der Waals surface area (Å²) in [6.07, 6.45) is 2.26. The Bertz CT molecular complexity index is 83.1. The molecule has 0 saturated heterocycles. The molecule has 0 aromatic rings. The zero-order chi connectivity index (χ0) is 7.11. The molecule has 0 saturated carbocycles. The van der Waals surface area contributed by atoms with Crippen LogP contribution in [-0.4, -0.2) is 17.9 Å². The molecular formula is C6H10BrO2. The van der Waals surface area contributed by atoms with Gasteiger partial charge in [0.05, 0.1) is 13.0 Å². The molecule has 1 radical (unpaired) electrons. The molecular weight excluding hydrogens is 184 g/mol. The van der Waals surface area contributed by atoms with Gasteiger partial charge in [-0.25, -0.2) is 0 Å². The molecule has 0 aliphatic rings. The second kappa shape index (κ2) is 6.08. The topological polar surface area (TPSA) is 26.3 Å². The largest absolute Gasteiger partial charge is 0.466 e. The molecule has 2 nitrogen and oxygen atoms in total. The van der Waals surface area contributed by atoms with Crippen LogP contribution >= 0.6 is 15.9 Å². The van der Waals surface area contributed by atoms with E-state index >= 15 is 0 Å². The van der Waals surface area contributed by atoms with Crippen molar-refractivity contribution in [3.05, 3.63) is 6.42 Å². The van der Waals surface area contributed by atoms with Gasteiger partial charge in [0.15, 0.2) is 0 Å². The van der Waals surface area contributed by atoms with Crippen molar-refractivity contribution < 1.29 is 9.53 Å². The van der Waals surface area contributed by atoms with Crippen LogP contribution in [0.3, 0.4) is 0 Å². The highest BCUT2D eigenvalue weighted by Crippen LogP contribution is 1.94. The summed E-state index contributed by atoms with van der Waals surface area (Å²) in [5.74, 6) is -0.225. The zero-order valence-electron chi connectivity index (χ0n) is 5.39. The highest BCUT2D eigenvalue weighted by Gasteiger charge is 1.98. The van der Waals surface area contributed by atoms with E-state index in [1.54, 1.807) is 6.92 Å². The van der Waals surface area contributed by atoms with Gasteiger partial charge < -0.3 is 4.74 Å². The van der Waals surface area contributed by atoms with Gasteiger partial charge in [0, 0.05) is 5.33 Å². The van der Waals surface area contributed by atoms with Crippen LogP contribution < -0.4 is 0 Å². The lowest BCUT2D eigenvalue weighted by Crippen LogP contribution is -2.04. The molecule has 0 bridgehead atoms. The Kier molecular flexibility index (Phi) is 6.04. The molecule has 0 rings (SSSR count). The minimum atomic E-state index is -0.225. The second-order valence-electron chi connectivity index (χ2n) is 1.43. The fraction of sp³-hybridized carbons (Fsp3) is 0.667. The van der Waals surface area contributed by atoms with Crippen molar-refractivity contribution in [2.75, 3.05) is 11.9 Å². The third kappa shape index (κ3) is 5.83. The summed E-state index contributed by atoms with van der Waals surface area (Å²) in [5.41, 5.74) is 0. The smallest absolute Gasteiger partial charge is 0.309 e. The molecule has 0 N–H and O–H groups in total. The van der Waals surface area contributed by atoms with Crippen LogP contribution in [0.2, 0.25) is 0 Å². The molecule has 0 aliphatic carbocycles. The maximum atomic E-state index is 10.5. The van der Waals surface area contributed by atoms with Crippen molar-refractivity contribution in [3.63, 3.8) is 0 Å². The molecule has 9 heavy (non-hydrogen) atoms. The van der Waals surface area contributed by atoms with Crippen molar-refractivity contribution in [2.24, 2.45) is 0 Å². The maximum Gasteiger partial charge on any atom is 0.309 e. The third-order valence-corrected chi connectivity index (χ3v) is 1.16. The van der Waals surface area contributed by atoms with Gasteiger partial charge in [0.2, 0.25) is 0 Å². The van der Waals surface area contributed by atoms with Crippen molar-refractivity contribution >= 4 is 21.9 Å². The van der Waals surface area contributed by atoms with Gasteiger partial charge in [-0.3, -0.25) is 4.79 Å². The summed E-state index contributed by atoms with van der Waals surface area (Å²) in [4.78, 5) is 10.5. The summed E-state index contributed by atoms with van der Waals surface area (Å²) >= 11 is 3.19. The number of ether oxygens (including phenoxy) is 1. The number of rotatable bonds is 4. The molecule has 0 aliphatic heterocycles. The van der Waals surface area contributed by atoms with Crippen molar-refractivity contribution in [1.82, 2.24) is 0 Å². The number of alkyl halides is 1. The van der Waals surface area contributed by atoms with Gasteiger partial charge in [-0.1, -0.05) is 15.9 Å². The van der Waals surface area contributed by atoms with Gasteiger partial charge in [0.25, 0.3) is 0 Å². The van der Waals surface area contributed by atoms with Crippen molar-refractivity contribution in [3.8, 4) is 0 Å². The summed E-state index contributed by atoms with van der Waals surface area (Å²) in [5, 5.41) is 0.811. The predicted molar refractivity (Wildman–Crippen MR) is 39.3 cm³/mol. The van der Waals surface area contributed by atoms with Gasteiger partial charge in [0.1, 0.15) is 0 Å². The lowest BCUT2D eigenvalue weighted by atomic mass is 10.3. The standard InChI is InChI=1S/C6H10BrO2/c1-2-9-6(8)4-3-5-7/h4H,2-3,5H2,1H3. The fourth-order valence-corrected chi connectivity index (χ4v) is 0.603. The van der Waals surface area contributed by atoms with E-state index in [2.05, 4.69) is 20.7 Å². The van der Waals surface area contributed by atoms with Crippen LogP contribution in [0.25, 0.3) is 0 Å². The van der Waals surface area contributed by atoms with Gasteiger partial charge >= 0.3 is 5.97 Å². The third-order valence-electron chi connectivity index (χ3n) is 0.707. The molecule has 0 unspecified atom stereocenters. The zero-order valence-corrected chi connectivity index (χ0v) is 6.98. The van der Waals surface area contributed by atoms with Crippen LogP contribution in [0.4, 0.5) is 0 Å². The van der Waals surface area contributed by atoms with Gasteiger partial charge in [-0.2, -0.15) is 0 Å². The van der Waals surface area contributed by atoms with E-state index in [4.69, 9.17) is 0 Å². The van der Waals surface area contributed by atoms with Crippen LogP contribution in [0.15, 0.2) is 0 Å². The highest BCUT2D eigenvalue weighted by atomic mass is 79.9. The van der Waals surface area contributed by atoms with Crippen molar-refractivity contribution in [2.45, 2.75) is 13.3 Å². The summed E-state index contributed by atoms with van der Waals surface area (Å²) in [6, 6.07) is 0. The minimum absolute atomic E-state index is 0.225. The van der Waals surface area contributed by atoms with Crippen LogP contribution in [-0.2, 0) is 9.53 Å². The number of carbonyl (C=O) groups is 1. The predicted octanol–water partition coefficient (Wildman–Crippen LogP) is 1.54. The van der Waals surface area contributed by atoms with E-state index in [9.17, 15) is 4.79 Å². The first-order valence-corrected chi connectivity index (χ1v) is 3.99. The van der Waals surface area contributed by atoms with Crippen molar-refractivity contribution in [1.29, 1.82) is 0 Å². The Labute approximate surface area is 63.7 Å². The van der Waals surface area contributed by atoms with E-state index in [1.165, 1.54) is 6.42 Å². The monoisotopic (exact) mass is 193 g/mol. The van der Waals surface area contributed by atoms with Gasteiger partial charge in [-0.15, -0.1) is 0 Å². The first-order chi connectivity index (χ1) is 4.31. The Morgan fingerprint density at radius 3 is 2.89 bits per heavy atom. The SMILES string of the molecule is CCOC(=O)[CH]CCBr. The Morgan fingerprint density at radius 2 is 2.44 bits per heavy atom. The maximum absolute atomic E-state index is 10.5. The van der Waals surface area contributed by atoms with Crippen LogP contribution in [0, 0.1) is 6.42 Å². The molecule has 53 valence electrons. The van der Waals surface area contributed by atoms with E-state index in [1.807, 2.05) is 0 Å². The summed E-state index contributed by atoms with van der Waals surface area (Å²) in [7, 11) is 0. The Hall–Kier alpha value is -0.0500. The van der Waals surface area contributed by atoms with Gasteiger partial charge in [-0.05, 0) is 13.3 Å². The first-order valence-electron chi connectivity index (χ1n) is 2.87. The quantitative estimate of drug-likeness (QED) is 0.501. The fourth-order valence-electron chi connectivity index (χ4n) is 0.374. The molecule has 0 aromatic heterocycles. The molecule has 0 fully saturated rings. The molecule has 0 aromatic carbocycles. The van der Waals surface area contributed by atoms with E-state index in [0.29, 0.717) is 6.61 Å². The average Bonchev–Trinajstić information content (AvgIpc) is 1.85. The number of carbonyl (C=O) groups excluding carboxylic acids is 1. The first kappa shape index (κ1) is 8.95. The lowest BCUT2D eigenvalue weighted by molar-refractivity contribution is -0.139. The summed E-state index contributed by atoms with van der Waals surface area (Å²) < 4.78 is 4.63. The lowest BCUT2D eigenvalue weighted by Gasteiger charge is -1.97. The second-order valence-corrected chi connectivity index (χ2v) is 2.23. The summed E-state index contributed by atoms with van der Waals surface area (Å²) in [6.45, 7) is 2.25. The molecule has 0 amide bonds. The van der Waals surface area contributed by atoms with E-state index in [-0.39, 0.29) is 5.97 Å². The molecule has 3 heteroatoms. The molecule has 0 atom stereocenters. The van der Waals surface area contributed by atoms with Crippen LogP contribution in [0.5, 0.6) is 0 Å². The molecule has 0 spiro atoms. The Morgan fingerprint density at radius 1 is 1.78 bits per heavy atom. The highest BCUT2D eigenvalue weighted by molar-refractivity contribution is 9.09. The van der Waals surface area contributed by atoms with Crippen LogP contribution in [0.1, 0.15) is 13.3 Å². The average molecular weight is 194 g/mol. The normalized spacial score (nSPS) is 9.11. The number of hydrogen-bond donors (Lipinski definition) is 0. The minimum Gasteiger partial charge on any atom is -0.466 e. The van der Waals surface area contributed by atoms with E-state index in [0.717, 1.165) is 11.8 Å². The number of hydrogen-bond acceptors (Lipinski definition) is 2. The van der Waals surface area contributed by atoms with E-state index < -0.39 is 0 Å². The number of esters is 1. The number of halogens is 1. The molecule has 0 heterocycles.